The molecule has 1 aliphatic heterocycles. The lowest BCUT2D eigenvalue weighted by Crippen LogP contribution is -2.47. The van der Waals surface area contributed by atoms with E-state index >= 15 is 0 Å². The molecule has 1 unspecified atom stereocenters. The molecule has 1 N–H and O–H groups in total. The Balaban J connectivity index is 1.82. The van der Waals surface area contributed by atoms with Crippen molar-refractivity contribution in [2.75, 3.05) is 24.3 Å². The fourth-order valence-corrected chi connectivity index (χ4v) is 5.61. The lowest BCUT2D eigenvalue weighted by Gasteiger charge is -2.40. The van der Waals surface area contributed by atoms with Crippen LogP contribution in [0.4, 0.5) is 0 Å². The van der Waals surface area contributed by atoms with Gasteiger partial charge in [-0.25, -0.2) is 0 Å². The molecule has 0 aromatic rings. The molecule has 1 saturated carbocycles. The molecule has 1 saturated heterocycles. The van der Waals surface area contributed by atoms with Gasteiger partial charge in [-0.15, -0.1) is 0 Å². The molecule has 0 spiro atoms. The van der Waals surface area contributed by atoms with Gasteiger partial charge in [-0.05, 0) is 36.7 Å². The molecule has 1 aliphatic carbocycles. The fraction of sp³-hybridized carbons (Fsp3) is 1.00. The van der Waals surface area contributed by atoms with E-state index in [0.717, 1.165) is 6.04 Å². The maximum atomic E-state index is 3.90. The summed E-state index contributed by atoms with van der Waals surface area (Å²) in [5.41, 5.74) is 0.527. The van der Waals surface area contributed by atoms with Gasteiger partial charge in [0.05, 0.1) is 0 Å². The molecular weight excluding hydrogens is 258 g/mol. The van der Waals surface area contributed by atoms with E-state index in [1.165, 1.54) is 56.6 Å². The maximum absolute atomic E-state index is 3.90. The van der Waals surface area contributed by atoms with Crippen molar-refractivity contribution in [3.63, 3.8) is 0 Å². The van der Waals surface area contributed by atoms with Crippen LogP contribution in [0, 0.1) is 5.41 Å². The summed E-state index contributed by atoms with van der Waals surface area (Å²) in [5.74, 6) is 2.65. The summed E-state index contributed by atoms with van der Waals surface area (Å²) in [4.78, 5) is 0. The number of rotatable bonds is 4. The van der Waals surface area contributed by atoms with Crippen molar-refractivity contribution in [2.24, 2.45) is 5.41 Å². The average Bonchev–Trinajstić information content (AvgIpc) is 2.36. The van der Waals surface area contributed by atoms with Crippen molar-refractivity contribution >= 4 is 23.5 Å². The van der Waals surface area contributed by atoms with Crippen LogP contribution in [0.2, 0.25) is 0 Å². The molecule has 1 heterocycles. The smallest absolute Gasteiger partial charge is 0.0281 e. The molecule has 2 fully saturated rings. The summed E-state index contributed by atoms with van der Waals surface area (Å²) < 4.78 is 0.546. The van der Waals surface area contributed by atoms with Gasteiger partial charge >= 0.3 is 0 Å². The maximum Gasteiger partial charge on any atom is 0.0281 e. The molecule has 0 radical (unpaired) electrons. The SMILES string of the molecule is CSC1(CNC2CSCC(C)(C)C2)CCCCC1. The highest BCUT2D eigenvalue weighted by Gasteiger charge is 2.33. The van der Waals surface area contributed by atoms with E-state index in [-0.39, 0.29) is 0 Å². The second-order valence-electron chi connectivity index (χ2n) is 6.91. The standard InChI is InChI=1S/C15H29NS2/c1-14(2)9-13(10-18-12-14)16-11-15(17-3)7-5-4-6-8-15/h13,16H,4-12H2,1-3H3. The van der Waals surface area contributed by atoms with Crippen molar-refractivity contribution in [1.82, 2.24) is 5.32 Å². The van der Waals surface area contributed by atoms with Crippen LogP contribution >= 0.6 is 23.5 Å². The Bertz CT molecular complexity index is 259. The van der Waals surface area contributed by atoms with E-state index < -0.39 is 0 Å². The zero-order chi connectivity index (χ0) is 13.1. The summed E-state index contributed by atoms with van der Waals surface area (Å²) in [6.45, 7) is 6.06. The van der Waals surface area contributed by atoms with Gasteiger partial charge in [-0.3, -0.25) is 0 Å². The van der Waals surface area contributed by atoms with Crippen molar-refractivity contribution in [2.45, 2.75) is 63.2 Å². The third-order valence-electron chi connectivity index (χ3n) is 4.52. The van der Waals surface area contributed by atoms with E-state index in [0.29, 0.717) is 10.2 Å². The van der Waals surface area contributed by atoms with E-state index in [2.05, 4.69) is 48.9 Å². The molecule has 2 rings (SSSR count). The second-order valence-corrected chi connectivity index (χ2v) is 9.21. The Labute approximate surface area is 122 Å². The minimum Gasteiger partial charge on any atom is -0.312 e. The summed E-state index contributed by atoms with van der Waals surface area (Å²) in [6, 6.07) is 0.740. The van der Waals surface area contributed by atoms with Gasteiger partial charge in [0.25, 0.3) is 0 Å². The van der Waals surface area contributed by atoms with Gasteiger partial charge in [0.1, 0.15) is 0 Å². The monoisotopic (exact) mass is 287 g/mol. The Morgan fingerprint density at radius 3 is 2.56 bits per heavy atom. The number of hydrogen-bond donors (Lipinski definition) is 1. The molecule has 1 atom stereocenters. The molecule has 106 valence electrons. The first-order valence-corrected chi connectivity index (χ1v) is 9.80. The first-order valence-electron chi connectivity index (χ1n) is 7.42. The Hall–Kier alpha value is 0.660. The Kier molecular flexibility index (Phi) is 5.36. The van der Waals surface area contributed by atoms with Gasteiger partial charge in [0, 0.05) is 23.1 Å². The van der Waals surface area contributed by atoms with Gasteiger partial charge in [0.2, 0.25) is 0 Å². The molecule has 0 bridgehead atoms. The van der Waals surface area contributed by atoms with Crippen LogP contribution in [0.5, 0.6) is 0 Å². The van der Waals surface area contributed by atoms with Crippen LogP contribution in [0.1, 0.15) is 52.4 Å². The highest BCUT2D eigenvalue weighted by Crippen LogP contribution is 2.39. The topological polar surface area (TPSA) is 12.0 Å². The van der Waals surface area contributed by atoms with Gasteiger partial charge < -0.3 is 5.32 Å². The Morgan fingerprint density at radius 2 is 1.94 bits per heavy atom. The molecular formula is C15H29NS2. The van der Waals surface area contributed by atoms with Gasteiger partial charge in [0.15, 0.2) is 0 Å². The second kappa shape index (κ2) is 6.41. The highest BCUT2D eigenvalue weighted by molar-refractivity contribution is 8.00. The largest absolute Gasteiger partial charge is 0.312 e. The summed E-state index contributed by atoms with van der Waals surface area (Å²) >= 11 is 4.25. The van der Waals surface area contributed by atoms with Crippen LogP contribution in [-0.4, -0.2) is 35.1 Å². The van der Waals surface area contributed by atoms with Gasteiger partial charge in [-0.2, -0.15) is 23.5 Å². The quantitative estimate of drug-likeness (QED) is 0.833. The van der Waals surface area contributed by atoms with E-state index in [9.17, 15) is 0 Å². The molecule has 1 nitrogen and oxygen atoms in total. The van der Waals surface area contributed by atoms with Crippen LogP contribution in [0.3, 0.4) is 0 Å². The number of nitrogens with one attached hydrogen (secondary N) is 1. The number of thioether (sulfide) groups is 2. The minimum absolute atomic E-state index is 0.527. The first kappa shape index (κ1) is 15.1. The van der Waals surface area contributed by atoms with Crippen molar-refractivity contribution in [1.29, 1.82) is 0 Å². The predicted octanol–water partition coefficient (Wildman–Crippen LogP) is 4.17. The predicted molar refractivity (Wildman–Crippen MR) is 86.8 cm³/mol. The van der Waals surface area contributed by atoms with Crippen LogP contribution < -0.4 is 5.32 Å². The van der Waals surface area contributed by atoms with Gasteiger partial charge in [-0.1, -0.05) is 33.1 Å². The molecule has 3 heteroatoms. The van der Waals surface area contributed by atoms with Crippen LogP contribution in [0.15, 0.2) is 0 Å². The van der Waals surface area contributed by atoms with E-state index in [1.54, 1.807) is 0 Å². The van der Waals surface area contributed by atoms with E-state index in [1.807, 2.05) is 0 Å². The Morgan fingerprint density at radius 1 is 1.22 bits per heavy atom. The normalized spacial score (nSPS) is 31.2. The fourth-order valence-electron chi connectivity index (χ4n) is 3.37. The van der Waals surface area contributed by atoms with Crippen molar-refractivity contribution in [3.8, 4) is 0 Å². The molecule has 0 aromatic carbocycles. The number of hydrogen-bond acceptors (Lipinski definition) is 3. The summed E-state index contributed by atoms with van der Waals surface area (Å²) in [6.07, 6.45) is 10.8. The third-order valence-corrected chi connectivity index (χ3v) is 7.56. The minimum atomic E-state index is 0.527. The van der Waals surface area contributed by atoms with Crippen molar-refractivity contribution in [3.05, 3.63) is 0 Å². The van der Waals surface area contributed by atoms with Crippen molar-refractivity contribution < 1.29 is 0 Å². The molecule has 2 aliphatic rings. The van der Waals surface area contributed by atoms with Crippen LogP contribution in [-0.2, 0) is 0 Å². The van der Waals surface area contributed by atoms with Crippen LogP contribution in [0.25, 0.3) is 0 Å². The molecule has 0 amide bonds. The zero-order valence-corrected chi connectivity index (χ0v) is 13.9. The first-order chi connectivity index (χ1) is 8.55. The zero-order valence-electron chi connectivity index (χ0n) is 12.3. The van der Waals surface area contributed by atoms with E-state index in [4.69, 9.17) is 0 Å². The summed E-state index contributed by atoms with van der Waals surface area (Å²) in [7, 11) is 0. The summed E-state index contributed by atoms with van der Waals surface area (Å²) in [5, 5.41) is 3.90. The molecule has 18 heavy (non-hydrogen) atoms. The third kappa shape index (κ3) is 4.08. The average molecular weight is 288 g/mol. The highest BCUT2D eigenvalue weighted by atomic mass is 32.2. The molecule has 0 aromatic heterocycles. The lowest BCUT2D eigenvalue weighted by molar-refractivity contribution is 0.298. The lowest BCUT2D eigenvalue weighted by atomic mass is 9.86.